The number of rotatable bonds is 54. The van der Waals surface area contributed by atoms with E-state index in [9.17, 15) is 91.3 Å². The molecular formula is C83H152O33. The van der Waals surface area contributed by atoms with E-state index in [4.69, 9.17) is 71.1 Å². The summed E-state index contributed by atoms with van der Waals surface area (Å²) in [5.41, 5.74) is 0. The molecule has 0 radical (unpaired) electrons. The summed E-state index contributed by atoms with van der Waals surface area (Å²) in [5, 5.41) is 169. The van der Waals surface area contributed by atoms with Crippen LogP contribution in [-0.4, -0.2) is 338 Å². The normalized spacial score (nSPS) is 35.6. The number of carbonyl (C=O) groups is 2. The number of unbranched alkanes of at least 4 members (excludes halogenated alkanes) is 26. The van der Waals surface area contributed by atoms with Gasteiger partial charge < -0.3 is 153 Å². The van der Waals surface area contributed by atoms with Crippen molar-refractivity contribution in [2.75, 3.05) is 54.4 Å². The highest BCUT2D eigenvalue weighted by Crippen LogP contribution is 2.34. The lowest BCUT2D eigenvalue weighted by atomic mass is 9.98. The second-order valence-electron chi connectivity index (χ2n) is 33.3. The van der Waals surface area contributed by atoms with Crippen molar-refractivity contribution in [2.45, 2.75) is 461 Å². The Hall–Kier alpha value is -2.22. The molecule has 0 saturated carbocycles. The Morgan fingerprint density at radius 1 is 0.319 bits per heavy atom. The number of fused-ring (bicyclic) bond motifs is 4. The number of hydrogen-bond donors (Lipinski definition) is 16. The van der Waals surface area contributed by atoms with Crippen LogP contribution in [0, 0.1) is 0 Å². The Labute approximate surface area is 686 Å². The molecule has 6 saturated heterocycles. The quantitative estimate of drug-likeness (QED) is 0.0302. The lowest BCUT2D eigenvalue weighted by Gasteiger charge is -2.42. The zero-order valence-electron chi connectivity index (χ0n) is 69.8. The summed E-state index contributed by atoms with van der Waals surface area (Å²) < 4.78 is 88.3. The minimum atomic E-state index is -1.77. The number of carbonyl (C=O) groups excluding carboxylic acids is 2. The Bertz CT molecular complexity index is 2520. The van der Waals surface area contributed by atoms with Crippen molar-refractivity contribution >= 4 is 11.9 Å². The zero-order valence-corrected chi connectivity index (χ0v) is 69.8. The second-order valence-corrected chi connectivity index (χ2v) is 33.3. The van der Waals surface area contributed by atoms with Crippen LogP contribution in [0.15, 0.2) is 0 Å². The van der Waals surface area contributed by atoms with E-state index in [0.717, 1.165) is 205 Å². The van der Waals surface area contributed by atoms with Crippen LogP contribution < -0.4 is 0 Å². The van der Waals surface area contributed by atoms with Gasteiger partial charge in [-0.2, -0.15) is 0 Å². The number of methoxy groups -OCH3 is 3. The van der Waals surface area contributed by atoms with Gasteiger partial charge in [-0.25, -0.2) is 0 Å². The highest BCUT2D eigenvalue weighted by Gasteiger charge is 2.51. The molecule has 6 aliphatic rings. The Balaban J connectivity index is 0.871. The first-order valence-corrected chi connectivity index (χ1v) is 44.0. The molecule has 0 aromatic rings. The fraction of sp³-hybridized carbons (Fsp3) is 0.976. The summed E-state index contributed by atoms with van der Waals surface area (Å²) in [5.74, 6) is -1.54. The molecule has 116 heavy (non-hydrogen) atoms. The predicted molar refractivity (Wildman–Crippen MR) is 417 cm³/mol. The molecule has 33 heteroatoms. The zero-order chi connectivity index (χ0) is 84.5. The summed E-state index contributed by atoms with van der Waals surface area (Å²) in [6.45, 7) is 1.10. The third kappa shape index (κ3) is 35.1. The van der Waals surface area contributed by atoms with Gasteiger partial charge in [0.15, 0.2) is 31.5 Å². The lowest BCUT2D eigenvalue weighted by Crippen LogP contribution is -2.60. The van der Waals surface area contributed by atoms with E-state index >= 15 is 0 Å². The fourth-order valence-electron chi connectivity index (χ4n) is 16.5. The van der Waals surface area contributed by atoms with Crippen molar-refractivity contribution in [2.24, 2.45) is 0 Å². The van der Waals surface area contributed by atoms with Crippen molar-refractivity contribution in [3.63, 3.8) is 0 Å². The molecule has 4 bridgehead atoms. The van der Waals surface area contributed by atoms with Gasteiger partial charge in [-0.05, 0) is 65.2 Å². The average molecular weight is 1680 g/mol. The topological polar surface area (TPSA) is 496 Å². The maximum Gasteiger partial charge on any atom is 0.308 e. The van der Waals surface area contributed by atoms with E-state index in [-0.39, 0.29) is 37.3 Å². The Morgan fingerprint density at radius 2 is 0.595 bits per heavy atom. The second kappa shape index (κ2) is 57.3. The number of aliphatic hydroxyl groups is 16. The molecule has 31 atom stereocenters. The Kier molecular flexibility index (Phi) is 50.7. The molecule has 33 nitrogen and oxygen atoms in total. The van der Waals surface area contributed by atoms with Gasteiger partial charge in [0, 0.05) is 21.3 Å². The van der Waals surface area contributed by atoms with Gasteiger partial charge in [0.25, 0.3) is 0 Å². The lowest BCUT2D eigenvalue weighted by molar-refractivity contribution is -0.316. The van der Waals surface area contributed by atoms with E-state index in [1.807, 2.05) is 6.92 Å². The van der Waals surface area contributed by atoms with Crippen LogP contribution >= 0.6 is 0 Å². The highest BCUT2D eigenvalue weighted by molar-refractivity contribution is 5.70. The maximum atomic E-state index is 13.6. The van der Waals surface area contributed by atoms with Crippen molar-refractivity contribution in [1.82, 2.24) is 0 Å². The van der Waals surface area contributed by atoms with Crippen molar-refractivity contribution < 1.29 is 162 Å². The van der Waals surface area contributed by atoms with Gasteiger partial charge in [-0.3, -0.25) is 9.59 Å². The van der Waals surface area contributed by atoms with Crippen molar-refractivity contribution in [1.29, 1.82) is 0 Å². The smallest absolute Gasteiger partial charge is 0.308 e. The summed E-state index contributed by atoms with van der Waals surface area (Å²) in [6, 6.07) is 0. The van der Waals surface area contributed by atoms with E-state index in [1.165, 1.54) is 21.3 Å². The first-order chi connectivity index (χ1) is 55.9. The number of esters is 2. The third-order valence-electron chi connectivity index (χ3n) is 23.8. The van der Waals surface area contributed by atoms with Crippen molar-refractivity contribution in [3.8, 4) is 0 Å². The Morgan fingerprint density at radius 3 is 0.897 bits per heavy atom. The van der Waals surface area contributed by atoms with Gasteiger partial charge in [0.2, 0.25) is 0 Å². The number of cyclic esters (lactones) is 2. The molecular weight excluding hydrogens is 1520 g/mol. The highest BCUT2D eigenvalue weighted by atomic mass is 16.8. The third-order valence-corrected chi connectivity index (χ3v) is 23.8. The van der Waals surface area contributed by atoms with Crippen LogP contribution in [0.1, 0.15) is 271 Å². The number of ether oxygens (including phenoxy) is 15. The molecule has 6 fully saturated rings. The molecule has 31 unspecified atom stereocenters. The molecule has 0 aromatic heterocycles. The maximum absolute atomic E-state index is 13.6. The molecule has 6 aliphatic heterocycles. The molecule has 16 N–H and O–H groups in total. The molecule has 6 rings (SSSR count). The molecule has 0 amide bonds. The molecule has 682 valence electrons. The van der Waals surface area contributed by atoms with Gasteiger partial charge in [-0.15, -0.1) is 0 Å². The van der Waals surface area contributed by atoms with E-state index in [0.29, 0.717) is 38.5 Å². The van der Waals surface area contributed by atoms with E-state index < -0.39 is 211 Å². The van der Waals surface area contributed by atoms with Crippen LogP contribution in [0.3, 0.4) is 0 Å². The standard InChI is InChI=1S/C83H152O33/c1-51(87)36-28-26-34-40-53(108-82-77(103-4)72(98)65(91)58(47-85)113-82)38-30-22-19-15-12-9-13-17-21-25-33-43-56-45-63(89)106-50-60-67(93)69(95)74(100)79(115-60)110-55(44-62(88)105-49-61-68(94)70(96)75(101)80(111-56)116-61)42-32-24-20-16-11-8-6-7-10-14-18-23-31-39-54(109-83-78(104-5)73(99)66(92)59(48-86)114-83)41-35-27-29-37-52(2)107-81-76(102-3)71(97)64(90)57(46-84)112-81/h51-61,64-87,90-101H,6-50H2,1-5H3. The van der Waals surface area contributed by atoms with Crippen LogP contribution in [0.2, 0.25) is 0 Å². The summed E-state index contributed by atoms with van der Waals surface area (Å²) in [4.78, 5) is 27.2. The minimum Gasteiger partial charge on any atom is -0.463 e. The van der Waals surface area contributed by atoms with E-state index in [1.54, 1.807) is 6.92 Å². The van der Waals surface area contributed by atoms with E-state index in [2.05, 4.69) is 0 Å². The first kappa shape index (κ1) is 103. The van der Waals surface area contributed by atoms with Crippen LogP contribution in [0.4, 0.5) is 0 Å². The van der Waals surface area contributed by atoms with Crippen LogP contribution in [-0.2, 0) is 80.6 Å². The SMILES string of the molecule is COC1C(OC(C)CCCCCC(CCCCCCCCCCCCCCCC2CC(=O)OCC3OC(OC(CCCCCCCCCCCCCC(CCCCCC(C)O)OC4OC(CO)C(O)C(O)C4OC)CC(=O)OCC4OC(O2)C(O)C(O)C4O)C(O)C(O)C3O)OC2OC(CO)C(O)C(O)C2OC)OC(CO)C(O)C1O. The molecule has 0 spiro atoms. The van der Waals surface area contributed by atoms with Gasteiger partial charge >= 0.3 is 11.9 Å². The molecule has 6 heterocycles. The van der Waals surface area contributed by atoms with Crippen LogP contribution in [0.5, 0.6) is 0 Å². The van der Waals surface area contributed by atoms with Gasteiger partial charge in [0.05, 0.1) is 69.3 Å². The minimum absolute atomic E-state index is 0.187. The largest absolute Gasteiger partial charge is 0.463 e. The number of aliphatic hydroxyl groups excluding tert-OH is 16. The van der Waals surface area contributed by atoms with Gasteiger partial charge in [0.1, 0.15) is 135 Å². The summed E-state index contributed by atoms with van der Waals surface area (Å²) in [7, 11) is 4.22. The predicted octanol–water partition coefficient (Wildman–Crippen LogP) is 3.99. The fourth-order valence-corrected chi connectivity index (χ4v) is 16.5. The first-order valence-electron chi connectivity index (χ1n) is 44.0. The molecule has 0 aliphatic carbocycles. The summed E-state index contributed by atoms with van der Waals surface area (Å²) in [6.07, 6.45) is -3.24. The summed E-state index contributed by atoms with van der Waals surface area (Å²) >= 11 is 0. The van der Waals surface area contributed by atoms with Gasteiger partial charge in [-0.1, -0.05) is 193 Å². The number of hydrogen-bond acceptors (Lipinski definition) is 33. The van der Waals surface area contributed by atoms with Crippen molar-refractivity contribution in [3.05, 3.63) is 0 Å². The molecule has 0 aromatic carbocycles. The van der Waals surface area contributed by atoms with Crippen LogP contribution in [0.25, 0.3) is 0 Å². The average Bonchev–Trinajstić information content (AvgIpc) is 0.834. The monoisotopic (exact) mass is 1680 g/mol.